The lowest BCUT2D eigenvalue weighted by atomic mass is 10.0. The minimum Gasteiger partial charge on any atom is -0.353 e. The Hall–Kier alpha value is -4.02. The highest BCUT2D eigenvalue weighted by molar-refractivity contribution is 6.40. The molecule has 192 valence electrons. The second-order valence-corrected chi connectivity index (χ2v) is 9.67. The molecule has 0 unspecified atom stereocenters. The molecule has 9 nitrogen and oxygen atoms in total. The van der Waals surface area contributed by atoms with Gasteiger partial charge in [0.2, 0.25) is 0 Å². The van der Waals surface area contributed by atoms with Crippen molar-refractivity contribution < 1.29 is 9.18 Å². The summed E-state index contributed by atoms with van der Waals surface area (Å²) in [6.07, 6.45) is 1.96. The number of piperazine rings is 1. The Morgan fingerprint density at radius 3 is 2.66 bits per heavy atom. The SMILES string of the molecule is O=C(c1cc(Cc2n[nH]c(=O)n3c(Cl)c(Cl)nc23)ccc1F)N1CCN(c2nccc3ccccc23)CC1. The number of nitrogens with one attached hydrogen (secondary N) is 1. The third kappa shape index (κ3) is 4.25. The zero-order valence-electron chi connectivity index (χ0n) is 19.9. The number of hydrogen-bond donors (Lipinski definition) is 1. The molecule has 3 aromatic heterocycles. The first kappa shape index (κ1) is 24.3. The molecule has 1 aliphatic rings. The van der Waals surface area contributed by atoms with Crippen LogP contribution >= 0.6 is 23.2 Å². The quantitative estimate of drug-likeness (QED) is 0.363. The summed E-state index contributed by atoms with van der Waals surface area (Å²) in [6, 6.07) is 14.3. The van der Waals surface area contributed by atoms with Crippen LogP contribution in [0.5, 0.6) is 0 Å². The van der Waals surface area contributed by atoms with Gasteiger partial charge < -0.3 is 9.80 Å². The van der Waals surface area contributed by atoms with Crippen LogP contribution in [0.2, 0.25) is 10.3 Å². The van der Waals surface area contributed by atoms with Crippen molar-refractivity contribution in [1.82, 2.24) is 29.5 Å². The Bertz CT molecular complexity index is 1760. The van der Waals surface area contributed by atoms with Gasteiger partial charge in [-0.1, -0.05) is 53.5 Å². The van der Waals surface area contributed by atoms with E-state index in [9.17, 15) is 14.0 Å². The van der Waals surface area contributed by atoms with E-state index in [1.807, 2.05) is 30.3 Å². The van der Waals surface area contributed by atoms with Gasteiger partial charge in [0.15, 0.2) is 16.0 Å². The van der Waals surface area contributed by atoms with Gasteiger partial charge in [0, 0.05) is 44.2 Å². The number of benzene rings is 2. The maximum absolute atomic E-state index is 14.8. The minimum absolute atomic E-state index is 0.0283. The van der Waals surface area contributed by atoms with E-state index in [0.717, 1.165) is 21.0 Å². The highest BCUT2D eigenvalue weighted by atomic mass is 35.5. The van der Waals surface area contributed by atoms with E-state index in [2.05, 4.69) is 25.1 Å². The van der Waals surface area contributed by atoms with Gasteiger partial charge in [0.05, 0.1) is 5.56 Å². The molecule has 0 bridgehead atoms. The fraction of sp³-hybridized carbons (Fsp3) is 0.192. The number of aromatic amines is 1. The maximum Gasteiger partial charge on any atom is 0.348 e. The number of hydrogen-bond acceptors (Lipinski definition) is 6. The van der Waals surface area contributed by atoms with Crippen molar-refractivity contribution in [2.24, 2.45) is 0 Å². The smallest absolute Gasteiger partial charge is 0.348 e. The fourth-order valence-corrected chi connectivity index (χ4v) is 5.14. The predicted molar refractivity (Wildman–Crippen MR) is 143 cm³/mol. The zero-order chi connectivity index (χ0) is 26.4. The van der Waals surface area contributed by atoms with Gasteiger partial charge in [-0.05, 0) is 29.1 Å². The Labute approximate surface area is 225 Å². The number of amides is 1. The number of nitrogens with zero attached hydrogens (tertiary/aromatic N) is 6. The summed E-state index contributed by atoms with van der Waals surface area (Å²) in [7, 11) is 0. The standard InChI is InChI=1S/C26H20Cl2FN7O2/c27-21-22(28)36-24(31-21)20(32-33-26(36)38)14-15-5-6-19(29)18(13-15)25(37)35-11-9-34(10-12-35)23-17-4-2-1-3-16(17)7-8-30-23/h1-8,13H,9-12,14H2,(H,33,38). The van der Waals surface area contributed by atoms with Crippen LogP contribution in [0, 0.1) is 5.82 Å². The van der Waals surface area contributed by atoms with Crippen molar-refractivity contribution in [2.75, 3.05) is 31.1 Å². The van der Waals surface area contributed by atoms with Gasteiger partial charge in [0.25, 0.3) is 5.91 Å². The average molecular weight is 552 g/mol. The van der Waals surface area contributed by atoms with Crippen molar-refractivity contribution in [3.05, 3.63) is 98.2 Å². The molecule has 5 aromatic rings. The number of rotatable bonds is 4. The third-order valence-electron chi connectivity index (χ3n) is 6.68. The van der Waals surface area contributed by atoms with Crippen LogP contribution in [0.3, 0.4) is 0 Å². The van der Waals surface area contributed by atoms with Crippen LogP contribution in [0.1, 0.15) is 21.6 Å². The molecule has 1 aliphatic heterocycles. The average Bonchev–Trinajstić information content (AvgIpc) is 3.25. The molecule has 6 rings (SSSR count). The van der Waals surface area contributed by atoms with Crippen molar-refractivity contribution in [2.45, 2.75) is 6.42 Å². The van der Waals surface area contributed by atoms with Gasteiger partial charge in [-0.15, -0.1) is 0 Å². The van der Waals surface area contributed by atoms with Gasteiger partial charge >= 0.3 is 5.69 Å². The molecule has 2 aromatic carbocycles. The minimum atomic E-state index is -0.608. The van der Waals surface area contributed by atoms with Crippen LogP contribution in [-0.4, -0.2) is 61.6 Å². The first-order valence-electron chi connectivity index (χ1n) is 11.9. The normalized spacial score (nSPS) is 14.0. The van der Waals surface area contributed by atoms with Crippen LogP contribution < -0.4 is 10.6 Å². The first-order chi connectivity index (χ1) is 18.4. The van der Waals surface area contributed by atoms with E-state index in [0.29, 0.717) is 37.4 Å². The summed E-state index contributed by atoms with van der Waals surface area (Å²) >= 11 is 12.1. The van der Waals surface area contributed by atoms with Gasteiger partial charge in [0.1, 0.15) is 17.3 Å². The van der Waals surface area contributed by atoms with Crippen LogP contribution in [0.4, 0.5) is 10.2 Å². The highest BCUT2D eigenvalue weighted by Crippen LogP contribution is 2.26. The predicted octanol–water partition coefficient (Wildman–Crippen LogP) is 3.96. The highest BCUT2D eigenvalue weighted by Gasteiger charge is 2.26. The van der Waals surface area contributed by atoms with E-state index in [1.165, 1.54) is 12.1 Å². The first-order valence-corrected chi connectivity index (χ1v) is 12.6. The molecular weight excluding hydrogens is 532 g/mol. The molecule has 0 saturated carbocycles. The summed E-state index contributed by atoms with van der Waals surface area (Å²) in [5.41, 5.74) is 0.573. The number of aromatic nitrogens is 5. The second kappa shape index (κ2) is 9.70. The summed E-state index contributed by atoms with van der Waals surface area (Å²) in [5, 5.41) is 8.52. The molecule has 1 fully saturated rings. The number of carbonyl (C=O) groups is 1. The lowest BCUT2D eigenvalue weighted by molar-refractivity contribution is 0.0742. The molecule has 1 saturated heterocycles. The Morgan fingerprint density at radius 2 is 1.84 bits per heavy atom. The number of imidazole rings is 1. The van der Waals surface area contributed by atoms with Gasteiger partial charge in [-0.2, -0.15) is 5.10 Å². The van der Waals surface area contributed by atoms with E-state index < -0.39 is 11.5 Å². The van der Waals surface area contributed by atoms with E-state index in [-0.39, 0.29) is 33.8 Å². The topological polar surface area (TPSA) is 99.5 Å². The molecule has 12 heteroatoms. The van der Waals surface area contributed by atoms with Crippen LogP contribution in [-0.2, 0) is 6.42 Å². The molecule has 1 amide bonds. The number of carbonyl (C=O) groups excluding carboxylic acids is 1. The third-order valence-corrected chi connectivity index (χ3v) is 7.39. The van der Waals surface area contributed by atoms with Gasteiger partial charge in [-0.25, -0.2) is 28.7 Å². The van der Waals surface area contributed by atoms with Crippen molar-refractivity contribution in [3.63, 3.8) is 0 Å². The van der Waals surface area contributed by atoms with E-state index >= 15 is 0 Å². The molecule has 0 aliphatic carbocycles. The van der Waals surface area contributed by atoms with Gasteiger partial charge in [-0.3, -0.25) is 4.79 Å². The van der Waals surface area contributed by atoms with Crippen molar-refractivity contribution in [1.29, 1.82) is 0 Å². The molecule has 0 atom stereocenters. The summed E-state index contributed by atoms with van der Waals surface area (Å²) in [5.74, 6) is -0.118. The number of halogens is 3. The summed E-state index contributed by atoms with van der Waals surface area (Å²) in [6.45, 7) is 2.02. The maximum atomic E-state index is 14.8. The summed E-state index contributed by atoms with van der Waals surface area (Å²) in [4.78, 5) is 37.9. The fourth-order valence-electron chi connectivity index (χ4n) is 4.77. The summed E-state index contributed by atoms with van der Waals surface area (Å²) < 4.78 is 15.9. The molecular formula is C26H20Cl2FN7O2. The Kier molecular flexibility index (Phi) is 6.21. The zero-order valence-corrected chi connectivity index (χ0v) is 21.4. The number of pyridine rings is 1. The van der Waals surface area contributed by atoms with Crippen molar-refractivity contribution >= 4 is 51.3 Å². The van der Waals surface area contributed by atoms with E-state index in [4.69, 9.17) is 23.2 Å². The second-order valence-electron chi connectivity index (χ2n) is 8.95. The number of anilines is 1. The van der Waals surface area contributed by atoms with Crippen molar-refractivity contribution in [3.8, 4) is 0 Å². The molecule has 4 heterocycles. The lowest BCUT2D eigenvalue weighted by Gasteiger charge is -2.36. The lowest BCUT2D eigenvalue weighted by Crippen LogP contribution is -2.49. The number of H-pyrrole nitrogens is 1. The molecule has 1 N–H and O–H groups in total. The molecule has 0 radical (unpaired) electrons. The van der Waals surface area contributed by atoms with Crippen LogP contribution in [0.25, 0.3) is 16.4 Å². The van der Waals surface area contributed by atoms with E-state index in [1.54, 1.807) is 17.2 Å². The Morgan fingerprint density at radius 1 is 1.05 bits per heavy atom. The monoisotopic (exact) mass is 551 g/mol. The molecule has 38 heavy (non-hydrogen) atoms. The Balaban J connectivity index is 1.21. The number of fused-ring (bicyclic) bond motifs is 2. The largest absolute Gasteiger partial charge is 0.353 e. The molecule has 0 spiro atoms. The van der Waals surface area contributed by atoms with Crippen LogP contribution in [0.15, 0.2) is 59.5 Å².